The molecule has 0 saturated carbocycles. The van der Waals surface area contributed by atoms with Crippen molar-refractivity contribution in [2.45, 2.75) is 38.8 Å². The second-order valence-corrected chi connectivity index (χ2v) is 7.49. The van der Waals surface area contributed by atoms with E-state index in [1.165, 1.54) is 12.8 Å². The van der Waals surface area contributed by atoms with Crippen molar-refractivity contribution in [2.75, 3.05) is 26.2 Å². The SMILES string of the molecule is O=C(c1ccccn1)[C@@H]1CCCN(C(=O)Cn2nnnc2CN2CCCC2)C1. The Morgan fingerprint density at radius 3 is 2.75 bits per heavy atom. The van der Waals surface area contributed by atoms with Crippen LogP contribution in [0.15, 0.2) is 24.4 Å². The lowest BCUT2D eigenvalue weighted by atomic mass is 9.92. The molecule has 0 aromatic carbocycles. The number of amides is 1. The van der Waals surface area contributed by atoms with E-state index < -0.39 is 0 Å². The minimum Gasteiger partial charge on any atom is -0.340 e. The molecule has 0 N–H and O–H groups in total. The van der Waals surface area contributed by atoms with Crippen LogP contribution in [0.25, 0.3) is 0 Å². The summed E-state index contributed by atoms with van der Waals surface area (Å²) < 4.78 is 1.59. The van der Waals surface area contributed by atoms with Gasteiger partial charge in [-0.2, -0.15) is 0 Å². The van der Waals surface area contributed by atoms with Gasteiger partial charge in [0.15, 0.2) is 11.6 Å². The van der Waals surface area contributed by atoms with E-state index in [4.69, 9.17) is 0 Å². The van der Waals surface area contributed by atoms with E-state index in [2.05, 4.69) is 25.4 Å². The Bertz CT molecular complexity index is 817. The smallest absolute Gasteiger partial charge is 0.244 e. The number of nitrogens with zero attached hydrogens (tertiary/aromatic N) is 7. The van der Waals surface area contributed by atoms with E-state index in [-0.39, 0.29) is 24.2 Å². The summed E-state index contributed by atoms with van der Waals surface area (Å²) in [6, 6.07) is 5.33. The molecule has 148 valence electrons. The molecular formula is C19H25N7O2. The maximum absolute atomic E-state index is 12.8. The van der Waals surface area contributed by atoms with E-state index in [9.17, 15) is 9.59 Å². The van der Waals surface area contributed by atoms with E-state index >= 15 is 0 Å². The van der Waals surface area contributed by atoms with E-state index in [0.717, 1.165) is 25.9 Å². The Kier molecular flexibility index (Phi) is 5.70. The van der Waals surface area contributed by atoms with Crippen molar-refractivity contribution in [3.63, 3.8) is 0 Å². The summed E-state index contributed by atoms with van der Waals surface area (Å²) in [6.45, 7) is 3.96. The first-order chi connectivity index (χ1) is 13.7. The highest BCUT2D eigenvalue weighted by atomic mass is 16.2. The molecule has 1 atom stereocenters. The average molecular weight is 383 g/mol. The lowest BCUT2D eigenvalue weighted by Gasteiger charge is -2.32. The summed E-state index contributed by atoms with van der Waals surface area (Å²) in [7, 11) is 0. The van der Waals surface area contributed by atoms with Crippen molar-refractivity contribution in [1.29, 1.82) is 0 Å². The largest absolute Gasteiger partial charge is 0.340 e. The molecule has 2 fully saturated rings. The highest BCUT2D eigenvalue weighted by Gasteiger charge is 2.30. The quantitative estimate of drug-likeness (QED) is 0.680. The van der Waals surface area contributed by atoms with Crippen LogP contribution in [0.3, 0.4) is 0 Å². The molecule has 4 heterocycles. The predicted molar refractivity (Wildman–Crippen MR) is 100 cm³/mol. The molecule has 2 aliphatic heterocycles. The molecule has 4 rings (SSSR count). The molecule has 0 bridgehead atoms. The number of Topliss-reactive ketones (excluding diaryl/α,β-unsaturated/α-hetero) is 1. The standard InChI is InChI=1S/C19H25N7O2/c27-18(14-26-17(21-22-23-26)13-24-9-3-4-10-24)25-11-5-6-15(12-25)19(28)16-7-1-2-8-20-16/h1-2,7-8,15H,3-6,9-14H2/t15-/m1/s1. The first-order valence-corrected chi connectivity index (χ1v) is 9.91. The minimum absolute atomic E-state index is 0.00949. The van der Waals surface area contributed by atoms with Gasteiger partial charge in [0.05, 0.1) is 6.54 Å². The average Bonchev–Trinajstić information content (AvgIpc) is 3.41. The third kappa shape index (κ3) is 4.24. The molecule has 0 spiro atoms. The number of aromatic nitrogens is 5. The molecule has 0 unspecified atom stereocenters. The van der Waals surface area contributed by atoms with Gasteiger partial charge < -0.3 is 4.90 Å². The second kappa shape index (κ2) is 8.55. The molecule has 9 nitrogen and oxygen atoms in total. The van der Waals surface area contributed by atoms with Crippen LogP contribution in [-0.4, -0.2) is 72.9 Å². The highest BCUT2D eigenvalue weighted by molar-refractivity contribution is 5.96. The van der Waals surface area contributed by atoms with Gasteiger partial charge in [-0.05, 0) is 61.3 Å². The van der Waals surface area contributed by atoms with Crippen LogP contribution in [-0.2, 0) is 17.9 Å². The number of pyridine rings is 1. The Labute approximate surface area is 163 Å². The molecule has 2 aliphatic rings. The number of ketones is 1. The highest BCUT2D eigenvalue weighted by Crippen LogP contribution is 2.20. The van der Waals surface area contributed by atoms with Gasteiger partial charge in [-0.1, -0.05) is 6.07 Å². The molecule has 9 heteroatoms. The zero-order valence-corrected chi connectivity index (χ0v) is 15.9. The number of carbonyl (C=O) groups excluding carboxylic acids is 2. The number of rotatable bonds is 6. The molecule has 2 saturated heterocycles. The van der Waals surface area contributed by atoms with Gasteiger partial charge in [0, 0.05) is 25.2 Å². The summed E-state index contributed by atoms with van der Waals surface area (Å²) in [5.41, 5.74) is 0.468. The van der Waals surface area contributed by atoms with Crippen molar-refractivity contribution >= 4 is 11.7 Å². The zero-order valence-electron chi connectivity index (χ0n) is 15.9. The lowest BCUT2D eigenvalue weighted by Crippen LogP contribution is -2.44. The molecular weight excluding hydrogens is 358 g/mol. The minimum atomic E-state index is -0.203. The normalized spacial score (nSPS) is 20.4. The molecule has 1 amide bonds. The number of piperidine rings is 1. The van der Waals surface area contributed by atoms with E-state index in [1.807, 2.05) is 6.07 Å². The van der Waals surface area contributed by atoms with Crippen molar-refractivity contribution in [3.8, 4) is 0 Å². The summed E-state index contributed by atoms with van der Waals surface area (Å²) in [5.74, 6) is 0.475. The number of hydrogen-bond donors (Lipinski definition) is 0. The number of tetrazole rings is 1. The Morgan fingerprint density at radius 1 is 1.11 bits per heavy atom. The number of hydrogen-bond acceptors (Lipinski definition) is 7. The van der Waals surface area contributed by atoms with Gasteiger partial charge in [0.2, 0.25) is 5.91 Å². The van der Waals surface area contributed by atoms with Gasteiger partial charge in [-0.15, -0.1) is 5.10 Å². The van der Waals surface area contributed by atoms with Crippen LogP contribution in [0.4, 0.5) is 0 Å². The Hall–Kier alpha value is -2.68. The van der Waals surface area contributed by atoms with Crippen LogP contribution >= 0.6 is 0 Å². The third-order valence-electron chi connectivity index (χ3n) is 5.52. The van der Waals surface area contributed by atoms with Gasteiger partial charge in [-0.25, -0.2) is 4.68 Å². The van der Waals surface area contributed by atoms with E-state index in [1.54, 1.807) is 27.9 Å². The third-order valence-corrected chi connectivity index (χ3v) is 5.52. The van der Waals surface area contributed by atoms with Gasteiger partial charge >= 0.3 is 0 Å². The summed E-state index contributed by atoms with van der Waals surface area (Å²) in [4.78, 5) is 33.7. The Morgan fingerprint density at radius 2 is 1.96 bits per heavy atom. The van der Waals surface area contributed by atoms with Crippen LogP contribution in [0.2, 0.25) is 0 Å². The van der Waals surface area contributed by atoms with Crippen LogP contribution in [0.1, 0.15) is 42.0 Å². The molecule has 28 heavy (non-hydrogen) atoms. The van der Waals surface area contributed by atoms with E-state index in [0.29, 0.717) is 31.2 Å². The van der Waals surface area contributed by atoms with Crippen molar-refractivity contribution in [1.82, 2.24) is 35.0 Å². The van der Waals surface area contributed by atoms with Crippen LogP contribution < -0.4 is 0 Å². The predicted octanol–water partition coefficient (Wildman–Crippen LogP) is 0.785. The number of carbonyl (C=O) groups is 2. The summed E-state index contributed by atoms with van der Waals surface area (Å²) >= 11 is 0. The fourth-order valence-corrected chi connectivity index (χ4v) is 3.96. The van der Waals surface area contributed by atoms with Gasteiger partial charge in [0.1, 0.15) is 12.2 Å². The fraction of sp³-hybridized carbons (Fsp3) is 0.579. The summed E-state index contributed by atoms with van der Waals surface area (Å²) in [6.07, 6.45) is 5.61. The maximum Gasteiger partial charge on any atom is 0.244 e. The monoisotopic (exact) mass is 383 g/mol. The second-order valence-electron chi connectivity index (χ2n) is 7.49. The summed E-state index contributed by atoms with van der Waals surface area (Å²) in [5, 5.41) is 11.8. The molecule has 0 aliphatic carbocycles. The Balaban J connectivity index is 1.37. The molecule has 2 aromatic heterocycles. The van der Waals surface area contributed by atoms with Gasteiger partial charge in [-0.3, -0.25) is 19.5 Å². The first kappa shape index (κ1) is 18.7. The van der Waals surface area contributed by atoms with Crippen LogP contribution in [0, 0.1) is 5.92 Å². The lowest BCUT2D eigenvalue weighted by molar-refractivity contribution is -0.133. The van der Waals surface area contributed by atoms with Gasteiger partial charge in [0.25, 0.3) is 0 Å². The van der Waals surface area contributed by atoms with Crippen LogP contribution in [0.5, 0.6) is 0 Å². The molecule has 2 aromatic rings. The fourth-order valence-electron chi connectivity index (χ4n) is 3.96. The maximum atomic E-state index is 12.8. The topological polar surface area (TPSA) is 97.1 Å². The molecule has 0 radical (unpaired) electrons. The van der Waals surface area contributed by atoms with Crippen molar-refractivity contribution < 1.29 is 9.59 Å². The zero-order chi connectivity index (χ0) is 19.3. The number of likely N-dealkylation sites (tertiary alicyclic amines) is 2. The first-order valence-electron chi connectivity index (χ1n) is 9.91. The van der Waals surface area contributed by atoms with Crippen molar-refractivity contribution in [3.05, 3.63) is 35.9 Å². The van der Waals surface area contributed by atoms with Crippen molar-refractivity contribution in [2.24, 2.45) is 5.92 Å².